The lowest BCUT2D eigenvalue weighted by molar-refractivity contribution is -0.138. The summed E-state index contributed by atoms with van der Waals surface area (Å²) in [6.45, 7) is 4.47. The number of nitrogens with zero attached hydrogens (tertiary/aromatic N) is 1. The van der Waals surface area contributed by atoms with Gasteiger partial charge in [0.15, 0.2) is 0 Å². The van der Waals surface area contributed by atoms with E-state index in [9.17, 15) is 4.79 Å². The van der Waals surface area contributed by atoms with E-state index in [-0.39, 0.29) is 5.41 Å². The van der Waals surface area contributed by atoms with E-state index >= 15 is 0 Å². The lowest BCUT2D eigenvalue weighted by Crippen LogP contribution is -2.56. The van der Waals surface area contributed by atoms with E-state index in [1.54, 1.807) is 0 Å². The quantitative estimate of drug-likeness (QED) is 0.758. The van der Waals surface area contributed by atoms with Crippen LogP contribution < -0.4 is 0 Å². The summed E-state index contributed by atoms with van der Waals surface area (Å²) in [6.07, 6.45) is 3.77. The van der Waals surface area contributed by atoms with Crippen molar-refractivity contribution < 1.29 is 4.79 Å². The fourth-order valence-electron chi connectivity index (χ4n) is 4.71. The zero-order valence-electron chi connectivity index (χ0n) is 14.8. The average molecular weight is 319 g/mol. The Morgan fingerprint density at radius 3 is 2.50 bits per heavy atom. The number of benzene rings is 2. The number of carbonyl (C=O) groups is 1. The van der Waals surface area contributed by atoms with Crippen LogP contribution in [0.2, 0.25) is 0 Å². The summed E-state index contributed by atoms with van der Waals surface area (Å²) in [5.41, 5.74) is 6.90. The van der Waals surface area contributed by atoms with Gasteiger partial charge in [-0.2, -0.15) is 0 Å². The molecule has 1 aliphatic carbocycles. The van der Waals surface area contributed by atoms with Gasteiger partial charge >= 0.3 is 0 Å². The van der Waals surface area contributed by atoms with Crippen molar-refractivity contribution >= 4 is 5.91 Å². The average Bonchev–Trinajstić information content (AvgIpc) is 2.59. The molecule has 124 valence electrons. The normalized spacial score (nSPS) is 26.0. The largest absolute Gasteiger partial charge is 0.342 e. The molecule has 1 heterocycles. The molecular formula is C22H25NO. The first kappa shape index (κ1) is 15.4. The highest BCUT2D eigenvalue weighted by Crippen LogP contribution is 2.46. The number of hydrogen-bond donors (Lipinski definition) is 0. The third-order valence-corrected chi connectivity index (χ3v) is 6.25. The van der Waals surface area contributed by atoms with Gasteiger partial charge in [-0.05, 0) is 48.4 Å². The van der Waals surface area contributed by atoms with Crippen LogP contribution in [0.15, 0.2) is 42.5 Å². The summed E-state index contributed by atoms with van der Waals surface area (Å²) >= 11 is 0. The Morgan fingerprint density at radius 1 is 1.04 bits per heavy atom. The van der Waals surface area contributed by atoms with E-state index in [0.717, 1.165) is 19.3 Å². The van der Waals surface area contributed by atoms with E-state index in [1.807, 2.05) is 11.9 Å². The number of aryl methyl sites for hydroxylation is 2. The van der Waals surface area contributed by atoms with Crippen molar-refractivity contribution in [3.8, 4) is 11.1 Å². The van der Waals surface area contributed by atoms with Crippen LogP contribution in [0.25, 0.3) is 11.1 Å². The molecule has 1 amide bonds. The van der Waals surface area contributed by atoms with Crippen LogP contribution in [0.4, 0.5) is 0 Å². The van der Waals surface area contributed by atoms with Gasteiger partial charge in [-0.1, -0.05) is 55.0 Å². The van der Waals surface area contributed by atoms with E-state index < -0.39 is 0 Å². The van der Waals surface area contributed by atoms with Crippen molar-refractivity contribution in [2.75, 3.05) is 7.05 Å². The minimum atomic E-state index is 0.0993. The summed E-state index contributed by atoms with van der Waals surface area (Å²) in [7, 11) is 1.98. The Kier molecular flexibility index (Phi) is 3.52. The highest BCUT2D eigenvalue weighted by molar-refractivity contribution is 5.78. The standard InChI is InChI=1S/C22H25NO/c1-15-4-6-16(7-5-15)17-8-10-19-18(14-17)9-11-20-22(19,2)13-12-21(24)23(20)3/h4-8,10,14,20H,9,11-13H2,1-3H3/t20?,22-/m1/s1. The molecule has 2 nitrogen and oxygen atoms in total. The molecule has 2 aliphatic rings. The fraction of sp³-hybridized carbons (Fsp3) is 0.409. The highest BCUT2D eigenvalue weighted by Gasteiger charge is 2.46. The molecule has 0 saturated carbocycles. The van der Waals surface area contributed by atoms with Crippen molar-refractivity contribution in [2.24, 2.45) is 0 Å². The molecule has 1 fully saturated rings. The molecule has 1 saturated heterocycles. The predicted octanol–water partition coefficient (Wildman–Crippen LogP) is 4.49. The van der Waals surface area contributed by atoms with E-state index in [0.29, 0.717) is 18.4 Å². The van der Waals surface area contributed by atoms with Crippen LogP contribution in [0.5, 0.6) is 0 Å². The number of rotatable bonds is 1. The van der Waals surface area contributed by atoms with Gasteiger partial charge in [-0.3, -0.25) is 4.79 Å². The monoisotopic (exact) mass is 319 g/mol. The van der Waals surface area contributed by atoms with Gasteiger partial charge in [0, 0.05) is 24.9 Å². The Balaban J connectivity index is 1.74. The van der Waals surface area contributed by atoms with Gasteiger partial charge in [-0.15, -0.1) is 0 Å². The van der Waals surface area contributed by atoms with Gasteiger partial charge < -0.3 is 4.90 Å². The minimum absolute atomic E-state index is 0.0993. The molecule has 0 N–H and O–H groups in total. The number of fused-ring (bicyclic) bond motifs is 3. The maximum atomic E-state index is 12.1. The summed E-state index contributed by atoms with van der Waals surface area (Å²) in [5.74, 6) is 0.303. The molecule has 0 bridgehead atoms. The van der Waals surface area contributed by atoms with Crippen LogP contribution in [0.1, 0.15) is 42.9 Å². The SMILES string of the molecule is Cc1ccc(-c2ccc3c(c2)CCC2N(C)C(=O)CC[C@]32C)cc1. The molecule has 2 atom stereocenters. The molecule has 4 rings (SSSR count). The van der Waals surface area contributed by atoms with E-state index in [4.69, 9.17) is 0 Å². The van der Waals surface area contributed by atoms with Crippen LogP contribution >= 0.6 is 0 Å². The first-order valence-electron chi connectivity index (χ1n) is 8.95. The van der Waals surface area contributed by atoms with Gasteiger partial charge in [0.2, 0.25) is 5.91 Å². The van der Waals surface area contributed by atoms with Gasteiger partial charge in [-0.25, -0.2) is 0 Å². The van der Waals surface area contributed by atoms with Crippen molar-refractivity contribution in [3.63, 3.8) is 0 Å². The molecule has 2 aromatic rings. The minimum Gasteiger partial charge on any atom is -0.342 e. The number of likely N-dealkylation sites (N-methyl/N-ethyl adjacent to an activating group) is 1. The fourth-order valence-corrected chi connectivity index (χ4v) is 4.71. The van der Waals surface area contributed by atoms with Gasteiger partial charge in [0.25, 0.3) is 0 Å². The topological polar surface area (TPSA) is 20.3 Å². The number of likely N-dealkylation sites (tertiary alicyclic amines) is 1. The van der Waals surface area contributed by atoms with Crippen molar-refractivity contribution in [1.82, 2.24) is 4.90 Å². The molecule has 1 aliphatic heterocycles. The second-order valence-corrected chi connectivity index (χ2v) is 7.71. The molecule has 0 radical (unpaired) electrons. The second kappa shape index (κ2) is 5.47. The Labute approximate surface area is 144 Å². The molecule has 0 aromatic heterocycles. The highest BCUT2D eigenvalue weighted by atomic mass is 16.2. The summed E-state index contributed by atoms with van der Waals surface area (Å²) in [5, 5.41) is 0. The van der Waals surface area contributed by atoms with E-state index in [2.05, 4.69) is 56.3 Å². The zero-order chi connectivity index (χ0) is 16.9. The molecule has 2 aromatic carbocycles. The number of piperidine rings is 1. The number of carbonyl (C=O) groups excluding carboxylic acids is 1. The van der Waals surface area contributed by atoms with Crippen LogP contribution in [-0.2, 0) is 16.6 Å². The second-order valence-electron chi connectivity index (χ2n) is 7.71. The third kappa shape index (κ3) is 2.28. The maximum absolute atomic E-state index is 12.1. The Hall–Kier alpha value is -2.09. The third-order valence-electron chi connectivity index (χ3n) is 6.25. The predicted molar refractivity (Wildman–Crippen MR) is 98.1 cm³/mol. The van der Waals surface area contributed by atoms with E-state index in [1.165, 1.54) is 27.8 Å². The summed E-state index contributed by atoms with van der Waals surface area (Å²) in [6, 6.07) is 16.1. The lowest BCUT2D eigenvalue weighted by atomic mass is 9.63. The van der Waals surface area contributed by atoms with Crippen molar-refractivity contribution in [1.29, 1.82) is 0 Å². The number of hydrogen-bond acceptors (Lipinski definition) is 1. The summed E-state index contributed by atoms with van der Waals surface area (Å²) < 4.78 is 0. The Bertz CT molecular complexity index is 792. The van der Waals surface area contributed by atoms with Crippen LogP contribution in [-0.4, -0.2) is 23.9 Å². The number of amides is 1. The first-order chi connectivity index (χ1) is 11.5. The van der Waals surface area contributed by atoms with Gasteiger partial charge in [0.1, 0.15) is 0 Å². The molecular weight excluding hydrogens is 294 g/mol. The maximum Gasteiger partial charge on any atom is 0.222 e. The van der Waals surface area contributed by atoms with Crippen LogP contribution in [0.3, 0.4) is 0 Å². The first-order valence-corrected chi connectivity index (χ1v) is 8.95. The van der Waals surface area contributed by atoms with Crippen molar-refractivity contribution in [3.05, 3.63) is 59.2 Å². The lowest BCUT2D eigenvalue weighted by Gasteiger charge is -2.50. The van der Waals surface area contributed by atoms with Crippen molar-refractivity contribution in [2.45, 2.75) is 51.0 Å². The van der Waals surface area contributed by atoms with Crippen LogP contribution in [0, 0.1) is 6.92 Å². The zero-order valence-corrected chi connectivity index (χ0v) is 14.8. The molecule has 24 heavy (non-hydrogen) atoms. The molecule has 2 heteroatoms. The van der Waals surface area contributed by atoms with Gasteiger partial charge in [0.05, 0.1) is 0 Å². The summed E-state index contributed by atoms with van der Waals surface area (Å²) in [4.78, 5) is 14.1. The molecule has 0 spiro atoms. The Morgan fingerprint density at radius 2 is 1.75 bits per heavy atom. The molecule has 1 unspecified atom stereocenters. The smallest absolute Gasteiger partial charge is 0.222 e.